The fourth-order valence-electron chi connectivity index (χ4n) is 2.68. The van der Waals surface area contributed by atoms with Crippen LogP contribution in [0.2, 0.25) is 0 Å². The van der Waals surface area contributed by atoms with E-state index in [1.807, 2.05) is 6.07 Å². The van der Waals surface area contributed by atoms with Crippen LogP contribution in [0.15, 0.2) is 36.4 Å². The first kappa shape index (κ1) is 12.9. The predicted molar refractivity (Wildman–Crippen MR) is 80.2 cm³/mol. The lowest BCUT2D eigenvalue weighted by Gasteiger charge is -2.12. The van der Waals surface area contributed by atoms with Crippen molar-refractivity contribution in [2.24, 2.45) is 0 Å². The van der Waals surface area contributed by atoms with Gasteiger partial charge in [0.05, 0.1) is 7.11 Å². The monoisotopic (exact) mass is 269 g/mol. The number of ether oxygens (including phenoxy) is 2. The van der Waals surface area contributed by atoms with Gasteiger partial charge in [0.15, 0.2) is 11.5 Å². The van der Waals surface area contributed by atoms with Crippen molar-refractivity contribution < 1.29 is 9.47 Å². The van der Waals surface area contributed by atoms with Gasteiger partial charge < -0.3 is 15.2 Å². The Kier molecular flexibility index (Phi) is 3.50. The molecule has 1 aliphatic carbocycles. The van der Waals surface area contributed by atoms with E-state index in [0.717, 1.165) is 0 Å². The van der Waals surface area contributed by atoms with E-state index >= 15 is 0 Å². The van der Waals surface area contributed by atoms with Crippen LogP contribution in [0.3, 0.4) is 0 Å². The molecular weight excluding hydrogens is 250 g/mol. The van der Waals surface area contributed by atoms with Crippen molar-refractivity contribution in [2.45, 2.75) is 25.9 Å². The normalized spacial score (nSPS) is 13.1. The molecule has 2 N–H and O–H groups in total. The van der Waals surface area contributed by atoms with E-state index in [1.165, 1.54) is 36.0 Å². The van der Waals surface area contributed by atoms with Gasteiger partial charge in [0.25, 0.3) is 0 Å². The number of rotatable bonds is 4. The van der Waals surface area contributed by atoms with Gasteiger partial charge in [0.1, 0.15) is 6.61 Å². The van der Waals surface area contributed by atoms with Gasteiger partial charge in [-0.2, -0.15) is 0 Å². The van der Waals surface area contributed by atoms with Gasteiger partial charge in [-0.1, -0.05) is 18.2 Å². The van der Waals surface area contributed by atoms with Gasteiger partial charge in [-0.3, -0.25) is 0 Å². The van der Waals surface area contributed by atoms with Crippen LogP contribution in [-0.2, 0) is 19.4 Å². The number of aryl methyl sites for hydroxylation is 2. The summed E-state index contributed by atoms with van der Waals surface area (Å²) >= 11 is 0. The largest absolute Gasteiger partial charge is 0.493 e. The molecule has 104 valence electrons. The van der Waals surface area contributed by atoms with E-state index in [2.05, 4.69) is 18.2 Å². The van der Waals surface area contributed by atoms with Crippen LogP contribution in [0.1, 0.15) is 23.1 Å². The highest BCUT2D eigenvalue weighted by molar-refractivity contribution is 5.52. The highest BCUT2D eigenvalue weighted by Gasteiger charge is 2.11. The highest BCUT2D eigenvalue weighted by atomic mass is 16.5. The number of methoxy groups -OCH3 is 1. The summed E-state index contributed by atoms with van der Waals surface area (Å²) in [5, 5.41) is 0. The Bertz CT molecular complexity index is 622. The maximum atomic E-state index is 5.85. The van der Waals surface area contributed by atoms with Crippen molar-refractivity contribution in [3.8, 4) is 11.5 Å². The molecule has 0 fully saturated rings. The van der Waals surface area contributed by atoms with Gasteiger partial charge in [0, 0.05) is 11.8 Å². The van der Waals surface area contributed by atoms with Crippen LogP contribution in [0, 0.1) is 0 Å². The van der Waals surface area contributed by atoms with Crippen molar-refractivity contribution in [1.82, 2.24) is 0 Å². The molecule has 2 aromatic carbocycles. The van der Waals surface area contributed by atoms with Crippen molar-refractivity contribution >= 4 is 5.69 Å². The quantitative estimate of drug-likeness (QED) is 0.866. The minimum atomic E-state index is 0.535. The molecule has 0 aliphatic heterocycles. The third-order valence-corrected chi connectivity index (χ3v) is 3.74. The second kappa shape index (κ2) is 5.45. The summed E-state index contributed by atoms with van der Waals surface area (Å²) < 4.78 is 11.1. The summed E-state index contributed by atoms with van der Waals surface area (Å²) in [5.74, 6) is 1.40. The SMILES string of the molecule is COc1ccc(N)cc1OCc1ccc2c(c1)CCC2. The number of nitrogen functional groups attached to an aromatic ring is 1. The van der Waals surface area contributed by atoms with Crippen LogP contribution in [0.25, 0.3) is 0 Å². The average Bonchev–Trinajstić information content (AvgIpc) is 2.92. The van der Waals surface area contributed by atoms with E-state index in [0.29, 0.717) is 23.8 Å². The minimum Gasteiger partial charge on any atom is -0.493 e. The zero-order valence-electron chi connectivity index (χ0n) is 11.7. The Morgan fingerprint density at radius 2 is 1.85 bits per heavy atom. The van der Waals surface area contributed by atoms with E-state index in [9.17, 15) is 0 Å². The Labute approximate surface area is 119 Å². The molecule has 0 saturated heterocycles. The van der Waals surface area contributed by atoms with Crippen molar-refractivity contribution in [3.05, 3.63) is 53.1 Å². The molecule has 0 bridgehead atoms. The maximum Gasteiger partial charge on any atom is 0.163 e. The number of benzene rings is 2. The summed E-state index contributed by atoms with van der Waals surface area (Å²) in [6, 6.07) is 12.0. The molecule has 3 heteroatoms. The maximum absolute atomic E-state index is 5.85. The topological polar surface area (TPSA) is 44.5 Å². The standard InChI is InChI=1S/C17H19NO2/c1-19-16-8-7-15(18)10-17(16)20-11-12-5-6-13-3-2-4-14(13)9-12/h5-10H,2-4,11,18H2,1H3. The van der Waals surface area contributed by atoms with E-state index in [1.54, 1.807) is 19.2 Å². The third-order valence-electron chi connectivity index (χ3n) is 3.74. The van der Waals surface area contributed by atoms with E-state index < -0.39 is 0 Å². The molecule has 0 heterocycles. The lowest BCUT2D eigenvalue weighted by atomic mass is 10.1. The molecule has 3 nitrogen and oxygen atoms in total. The summed E-state index contributed by atoms with van der Waals surface area (Å²) in [5.41, 5.74) is 10.6. The van der Waals surface area contributed by atoms with Gasteiger partial charge in [0.2, 0.25) is 0 Å². The van der Waals surface area contributed by atoms with Crippen molar-refractivity contribution in [3.63, 3.8) is 0 Å². The zero-order chi connectivity index (χ0) is 13.9. The molecule has 0 aromatic heterocycles. The smallest absolute Gasteiger partial charge is 0.163 e. The Morgan fingerprint density at radius 3 is 2.70 bits per heavy atom. The Morgan fingerprint density at radius 1 is 1.00 bits per heavy atom. The van der Waals surface area contributed by atoms with E-state index in [4.69, 9.17) is 15.2 Å². The molecule has 2 aromatic rings. The first-order valence-electron chi connectivity index (χ1n) is 6.93. The fraction of sp³-hybridized carbons (Fsp3) is 0.294. The van der Waals surface area contributed by atoms with Gasteiger partial charge in [-0.15, -0.1) is 0 Å². The molecule has 0 amide bonds. The van der Waals surface area contributed by atoms with Gasteiger partial charge >= 0.3 is 0 Å². The van der Waals surface area contributed by atoms with Gasteiger partial charge in [-0.05, 0) is 48.1 Å². The highest BCUT2D eigenvalue weighted by Crippen LogP contribution is 2.30. The lowest BCUT2D eigenvalue weighted by Crippen LogP contribution is -1.99. The first-order valence-corrected chi connectivity index (χ1v) is 6.93. The predicted octanol–water partition coefficient (Wildman–Crippen LogP) is 3.35. The van der Waals surface area contributed by atoms with Crippen LogP contribution < -0.4 is 15.2 Å². The lowest BCUT2D eigenvalue weighted by molar-refractivity contribution is 0.284. The third kappa shape index (κ3) is 2.57. The summed E-state index contributed by atoms with van der Waals surface area (Å²) in [6.45, 7) is 0.535. The Balaban J connectivity index is 1.75. The molecule has 20 heavy (non-hydrogen) atoms. The zero-order valence-corrected chi connectivity index (χ0v) is 11.7. The fourth-order valence-corrected chi connectivity index (χ4v) is 2.68. The number of nitrogens with two attached hydrogens (primary N) is 1. The first-order chi connectivity index (χ1) is 9.76. The summed E-state index contributed by atoms with van der Waals surface area (Å²) in [7, 11) is 1.63. The molecule has 1 aliphatic rings. The molecule has 0 unspecified atom stereocenters. The molecule has 0 saturated carbocycles. The van der Waals surface area contributed by atoms with Crippen molar-refractivity contribution in [2.75, 3.05) is 12.8 Å². The Hall–Kier alpha value is -2.16. The number of hydrogen-bond donors (Lipinski definition) is 1. The molecule has 0 radical (unpaired) electrons. The molecule has 0 spiro atoms. The van der Waals surface area contributed by atoms with Crippen LogP contribution in [0.5, 0.6) is 11.5 Å². The second-order valence-corrected chi connectivity index (χ2v) is 5.16. The number of fused-ring (bicyclic) bond motifs is 1. The van der Waals surface area contributed by atoms with Crippen LogP contribution in [0.4, 0.5) is 5.69 Å². The molecular formula is C17H19NO2. The van der Waals surface area contributed by atoms with E-state index in [-0.39, 0.29) is 0 Å². The minimum absolute atomic E-state index is 0.535. The van der Waals surface area contributed by atoms with Gasteiger partial charge in [-0.25, -0.2) is 0 Å². The summed E-state index contributed by atoms with van der Waals surface area (Å²) in [6.07, 6.45) is 3.66. The summed E-state index contributed by atoms with van der Waals surface area (Å²) in [4.78, 5) is 0. The van der Waals surface area contributed by atoms with Crippen LogP contribution >= 0.6 is 0 Å². The average molecular weight is 269 g/mol. The molecule has 3 rings (SSSR count). The number of hydrogen-bond acceptors (Lipinski definition) is 3. The van der Waals surface area contributed by atoms with Crippen LogP contribution in [-0.4, -0.2) is 7.11 Å². The van der Waals surface area contributed by atoms with Crippen molar-refractivity contribution in [1.29, 1.82) is 0 Å². The molecule has 0 atom stereocenters. The number of anilines is 1. The second-order valence-electron chi connectivity index (χ2n) is 5.16.